The molecule has 5 heteroatoms. The SMILES string of the molecule is Cc1cc(C)cc(OCCc2nc(C3(N)CCC3)no2)c1. The predicted octanol–water partition coefficient (Wildman–Crippen LogP) is 2.65. The molecular formula is C16H21N3O2. The fourth-order valence-electron chi connectivity index (χ4n) is 2.61. The van der Waals surface area contributed by atoms with E-state index in [0.717, 1.165) is 25.0 Å². The van der Waals surface area contributed by atoms with Crippen LogP contribution in [0, 0.1) is 13.8 Å². The lowest BCUT2D eigenvalue weighted by atomic mass is 9.77. The van der Waals surface area contributed by atoms with Crippen LogP contribution in [0.1, 0.15) is 42.1 Å². The maximum atomic E-state index is 6.17. The molecule has 0 unspecified atom stereocenters. The molecule has 1 aromatic heterocycles. The van der Waals surface area contributed by atoms with Gasteiger partial charge in [0.15, 0.2) is 5.82 Å². The van der Waals surface area contributed by atoms with Crippen molar-refractivity contribution in [2.24, 2.45) is 5.73 Å². The molecule has 0 spiro atoms. The number of rotatable bonds is 5. The summed E-state index contributed by atoms with van der Waals surface area (Å²) in [5.74, 6) is 2.10. The molecule has 0 radical (unpaired) electrons. The minimum Gasteiger partial charge on any atom is -0.493 e. The van der Waals surface area contributed by atoms with E-state index in [9.17, 15) is 0 Å². The van der Waals surface area contributed by atoms with Gasteiger partial charge in [0.2, 0.25) is 5.89 Å². The van der Waals surface area contributed by atoms with Crippen LogP contribution in [0.25, 0.3) is 0 Å². The number of aryl methyl sites for hydroxylation is 2. The normalized spacial score (nSPS) is 16.5. The Balaban J connectivity index is 1.56. The van der Waals surface area contributed by atoms with Crippen LogP contribution in [-0.4, -0.2) is 16.7 Å². The van der Waals surface area contributed by atoms with Crippen LogP contribution < -0.4 is 10.5 Å². The molecule has 2 aromatic rings. The molecule has 0 amide bonds. The number of nitrogens with two attached hydrogens (primary N) is 1. The van der Waals surface area contributed by atoms with Gasteiger partial charge in [0.25, 0.3) is 0 Å². The summed E-state index contributed by atoms with van der Waals surface area (Å²) in [5.41, 5.74) is 8.20. The Kier molecular flexibility index (Phi) is 3.68. The molecular weight excluding hydrogens is 266 g/mol. The first-order chi connectivity index (χ1) is 10.0. The Morgan fingerprint density at radius 1 is 1.24 bits per heavy atom. The van der Waals surface area contributed by atoms with E-state index in [1.165, 1.54) is 11.1 Å². The minimum atomic E-state index is -0.365. The molecule has 2 N–H and O–H groups in total. The van der Waals surface area contributed by atoms with E-state index in [2.05, 4.69) is 30.1 Å². The molecule has 1 saturated carbocycles. The van der Waals surface area contributed by atoms with Gasteiger partial charge in [-0.25, -0.2) is 0 Å². The van der Waals surface area contributed by atoms with Crippen molar-refractivity contribution in [2.45, 2.75) is 45.1 Å². The van der Waals surface area contributed by atoms with Crippen molar-refractivity contribution in [3.8, 4) is 5.75 Å². The van der Waals surface area contributed by atoms with Crippen LogP contribution in [0.4, 0.5) is 0 Å². The van der Waals surface area contributed by atoms with Crippen LogP contribution in [-0.2, 0) is 12.0 Å². The average Bonchev–Trinajstić information content (AvgIpc) is 2.84. The zero-order valence-corrected chi connectivity index (χ0v) is 12.6. The molecule has 0 aliphatic heterocycles. The number of nitrogens with zero attached hydrogens (tertiary/aromatic N) is 2. The van der Waals surface area contributed by atoms with E-state index in [4.69, 9.17) is 15.0 Å². The maximum Gasteiger partial charge on any atom is 0.230 e. The fraction of sp³-hybridized carbons (Fsp3) is 0.500. The Morgan fingerprint density at radius 2 is 1.95 bits per heavy atom. The molecule has 1 aliphatic rings. The Labute approximate surface area is 124 Å². The second-order valence-corrected chi connectivity index (χ2v) is 5.94. The standard InChI is InChI=1S/C16H21N3O2/c1-11-8-12(2)10-13(9-11)20-7-4-14-18-15(19-21-14)16(17)5-3-6-16/h8-10H,3-7,17H2,1-2H3. The van der Waals surface area contributed by atoms with Crippen molar-refractivity contribution in [1.82, 2.24) is 10.1 Å². The summed E-state index contributed by atoms with van der Waals surface area (Å²) in [4.78, 5) is 4.39. The largest absolute Gasteiger partial charge is 0.493 e. The second-order valence-electron chi connectivity index (χ2n) is 5.94. The lowest BCUT2D eigenvalue weighted by Gasteiger charge is -2.34. The van der Waals surface area contributed by atoms with Crippen molar-refractivity contribution in [2.75, 3.05) is 6.61 Å². The minimum absolute atomic E-state index is 0.365. The van der Waals surface area contributed by atoms with Crippen molar-refractivity contribution in [3.05, 3.63) is 41.0 Å². The maximum absolute atomic E-state index is 6.17. The fourth-order valence-corrected chi connectivity index (χ4v) is 2.61. The van der Waals surface area contributed by atoms with Crippen LogP contribution in [0.5, 0.6) is 5.75 Å². The van der Waals surface area contributed by atoms with Gasteiger partial charge in [-0.1, -0.05) is 11.2 Å². The van der Waals surface area contributed by atoms with Crippen LogP contribution in [0.3, 0.4) is 0 Å². The molecule has 21 heavy (non-hydrogen) atoms. The van der Waals surface area contributed by atoms with Gasteiger partial charge in [0.1, 0.15) is 5.75 Å². The average molecular weight is 287 g/mol. The van der Waals surface area contributed by atoms with E-state index in [-0.39, 0.29) is 5.54 Å². The first-order valence-electron chi connectivity index (χ1n) is 7.38. The van der Waals surface area contributed by atoms with Gasteiger partial charge in [0.05, 0.1) is 18.6 Å². The smallest absolute Gasteiger partial charge is 0.230 e. The zero-order chi connectivity index (χ0) is 14.9. The summed E-state index contributed by atoms with van der Waals surface area (Å²) in [6.45, 7) is 4.63. The van der Waals surface area contributed by atoms with Gasteiger partial charge in [-0.2, -0.15) is 4.98 Å². The van der Waals surface area contributed by atoms with Gasteiger partial charge in [-0.15, -0.1) is 0 Å². The summed E-state index contributed by atoms with van der Waals surface area (Å²) in [6.07, 6.45) is 3.60. The number of hydrogen-bond donors (Lipinski definition) is 1. The molecule has 0 saturated heterocycles. The van der Waals surface area contributed by atoms with E-state index in [0.29, 0.717) is 24.7 Å². The highest BCUT2D eigenvalue weighted by atomic mass is 16.5. The molecule has 1 aliphatic carbocycles. The highest BCUT2D eigenvalue weighted by Crippen LogP contribution is 2.36. The van der Waals surface area contributed by atoms with Gasteiger partial charge >= 0.3 is 0 Å². The van der Waals surface area contributed by atoms with Crippen molar-refractivity contribution < 1.29 is 9.26 Å². The van der Waals surface area contributed by atoms with Gasteiger partial charge < -0.3 is 15.0 Å². The number of benzene rings is 1. The highest BCUT2D eigenvalue weighted by Gasteiger charge is 2.38. The summed E-state index contributed by atoms with van der Waals surface area (Å²) < 4.78 is 11.0. The Hall–Kier alpha value is -1.88. The summed E-state index contributed by atoms with van der Waals surface area (Å²) in [6, 6.07) is 6.17. The molecule has 1 heterocycles. The quantitative estimate of drug-likeness (QED) is 0.915. The molecule has 112 valence electrons. The number of hydrogen-bond acceptors (Lipinski definition) is 5. The summed E-state index contributed by atoms with van der Waals surface area (Å²) in [7, 11) is 0. The molecule has 1 aromatic carbocycles. The van der Waals surface area contributed by atoms with Crippen LogP contribution in [0.2, 0.25) is 0 Å². The van der Waals surface area contributed by atoms with E-state index in [1.807, 2.05) is 12.1 Å². The van der Waals surface area contributed by atoms with Crippen molar-refractivity contribution in [3.63, 3.8) is 0 Å². The monoisotopic (exact) mass is 287 g/mol. The van der Waals surface area contributed by atoms with E-state index >= 15 is 0 Å². The van der Waals surface area contributed by atoms with Crippen molar-refractivity contribution >= 4 is 0 Å². The van der Waals surface area contributed by atoms with Gasteiger partial charge in [0, 0.05) is 0 Å². The number of ether oxygens (including phenoxy) is 1. The van der Waals surface area contributed by atoms with Crippen LogP contribution in [0.15, 0.2) is 22.7 Å². The third-order valence-electron chi connectivity index (χ3n) is 3.94. The molecule has 1 fully saturated rings. The zero-order valence-electron chi connectivity index (χ0n) is 12.6. The first-order valence-corrected chi connectivity index (χ1v) is 7.38. The third-order valence-corrected chi connectivity index (χ3v) is 3.94. The molecule has 5 nitrogen and oxygen atoms in total. The summed E-state index contributed by atoms with van der Waals surface area (Å²) >= 11 is 0. The van der Waals surface area contributed by atoms with Crippen LogP contribution >= 0.6 is 0 Å². The molecule has 0 bridgehead atoms. The summed E-state index contributed by atoms with van der Waals surface area (Å²) in [5, 5.41) is 4.00. The highest BCUT2D eigenvalue weighted by molar-refractivity contribution is 5.32. The van der Waals surface area contributed by atoms with E-state index in [1.54, 1.807) is 0 Å². The third kappa shape index (κ3) is 3.08. The van der Waals surface area contributed by atoms with Gasteiger partial charge in [-0.3, -0.25) is 0 Å². The van der Waals surface area contributed by atoms with Gasteiger partial charge in [-0.05, 0) is 56.4 Å². The lowest BCUT2D eigenvalue weighted by Crippen LogP contribution is -2.44. The number of aromatic nitrogens is 2. The molecule has 0 atom stereocenters. The molecule has 3 rings (SSSR count). The predicted molar refractivity (Wildman–Crippen MR) is 79.1 cm³/mol. The first kappa shape index (κ1) is 14.1. The van der Waals surface area contributed by atoms with Crippen molar-refractivity contribution in [1.29, 1.82) is 0 Å². The topological polar surface area (TPSA) is 74.2 Å². The lowest BCUT2D eigenvalue weighted by molar-refractivity contribution is 0.228. The van der Waals surface area contributed by atoms with E-state index < -0.39 is 0 Å². The Bertz CT molecular complexity index is 612. The Morgan fingerprint density at radius 3 is 2.57 bits per heavy atom. The second kappa shape index (κ2) is 5.48.